The third kappa shape index (κ3) is 2.98. The smallest absolute Gasteiger partial charge is 0.311 e. The van der Waals surface area contributed by atoms with E-state index in [1.165, 1.54) is 13.2 Å². The van der Waals surface area contributed by atoms with Crippen LogP contribution in [0.1, 0.15) is 23.4 Å². The van der Waals surface area contributed by atoms with E-state index in [1.54, 1.807) is 6.92 Å². The fraction of sp³-hybridized carbons (Fsp3) is 0.400. The third-order valence-electron chi connectivity index (χ3n) is 2.09. The van der Waals surface area contributed by atoms with Gasteiger partial charge in [0.05, 0.1) is 19.2 Å². The van der Waals surface area contributed by atoms with E-state index in [2.05, 4.69) is 25.7 Å². The molecule has 1 rings (SSSR count). The Morgan fingerprint density at radius 3 is 2.75 bits per heavy atom. The van der Waals surface area contributed by atoms with E-state index >= 15 is 0 Å². The zero-order valence-corrected chi connectivity index (χ0v) is 10.3. The number of hydrogen-bond donors (Lipinski definition) is 0. The fourth-order valence-corrected chi connectivity index (χ4v) is 1.60. The molecule has 0 spiro atoms. The Bertz CT molecular complexity index is 410. The summed E-state index contributed by atoms with van der Waals surface area (Å²) in [6.07, 6.45) is -2.77. The number of alkyl halides is 2. The van der Waals surface area contributed by atoms with E-state index < -0.39 is 12.4 Å². The predicted molar refractivity (Wildman–Crippen MR) is 57.4 cm³/mol. The Kier molecular flexibility index (Phi) is 4.35. The summed E-state index contributed by atoms with van der Waals surface area (Å²) in [6, 6.07) is 1.25. The summed E-state index contributed by atoms with van der Waals surface area (Å²) in [6.45, 7) is 1.70. The van der Waals surface area contributed by atoms with Gasteiger partial charge in [-0.1, -0.05) is 15.9 Å². The van der Waals surface area contributed by atoms with Crippen molar-refractivity contribution in [3.05, 3.63) is 27.5 Å². The Labute approximate surface area is 99.9 Å². The molecule has 0 saturated carbocycles. The molecule has 88 valence electrons. The maximum absolute atomic E-state index is 12.5. The molecule has 16 heavy (non-hydrogen) atoms. The van der Waals surface area contributed by atoms with E-state index in [9.17, 15) is 13.6 Å². The lowest BCUT2D eigenvalue weighted by Gasteiger charge is -2.08. The van der Waals surface area contributed by atoms with Crippen molar-refractivity contribution in [2.24, 2.45) is 0 Å². The largest absolute Gasteiger partial charge is 0.469 e. The van der Waals surface area contributed by atoms with Crippen molar-refractivity contribution in [3.63, 3.8) is 0 Å². The van der Waals surface area contributed by atoms with E-state index in [1.807, 2.05) is 0 Å². The van der Waals surface area contributed by atoms with Gasteiger partial charge in [0.25, 0.3) is 6.43 Å². The lowest BCUT2D eigenvalue weighted by atomic mass is 10.1. The molecule has 0 bridgehead atoms. The number of hydrogen-bond acceptors (Lipinski definition) is 3. The maximum Gasteiger partial charge on any atom is 0.311 e. The van der Waals surface area contributed by atoms with Crippen LogP contribution in [0.5, 0.6) is 0 Å². The molecule has 0 radical (unpaired) electrons. The number of carbonyl (C=O) groups excluding carboxylic acids is 1. The highest BCUT2D eigenvalue weighted by Crippen LogP contribution is 2.25. The van der Waals surface area contributed by atoms with Gasteiger partial charge in [0.15, 0.2) is 0 Å². The molecular formula is C10H10BrF2NO2. The first-order valence-electron chi connectivity index (χ1n) is 4.46. The lowest BCUT2D eigenvalue weighted by molar-refractivity contribution is -0.139. The van der Waals surface area contributed by atoms with Crippen LogP contribution in [0, 0.1) is 6.92 Å². The van der Waals surface area contributed by atoms with Gasteiger partial charge < -0.3 is 4.74 Å². The fourth-order valence-electron chi connectivity index (χ4n) is 1.14. The second-order valence-corrected chi connectivity index (χ2v) is 4.01. The van der Waals surface area contributed by atoms with E-state index in [-0.39, 0.29) is 12.1 Å². The van der Waals surface area contributed by atoms with Gasteiger partial charge in [-0.2, -0.15) is 0 Å². The number of pyridine rings is 1. The number of aromatic nitrogens is 1. The normalized spacial score (nSPS) is 10.6. The van der Waals surface area contributed by atoms with Crippen molar-refractivity contribution in [3.8, 4) is 0 Å². The van der Waals surface area contributed by atoms with Gasteiger partial charge in [-0.3, -0.25) is 9.78 Å². The highest BCUT2D eigenvalue weighted by Gasteiger charge is 2.16. The van der Waals surface area contributed by atoms with E-state index in [4.69, 9.17) is 0 Å². The van der Waals surface area contributed by atoms with Gasteiger partial charge in [-0.25, -0.2) is 8.78 Å². The first-order valence-corrected chi connectivity index (χ1v) is 5.26. The number of methoxy groups -OCH3 is 1. The number of carbonyl (C=O) groups is 1. The summed E-state index contributed by atoms with van der Waals surface area (Å²) in [5.74, 6) is -0.506. The average molecular weight is 294 g/mol. The van der Waals surface area contributed by atoms with Gasteiger partial charge in [-0.05, 0) is 18.6 Å². The average Bonchev–Trinajstić information content (AvgIpc) is 2.23. The molecule has 1 aromatic rings. The summed E-state index contributed by atoms with van der Waals surface area (Å²) in [5.41, 5.74) is 0.614. The molecule has 0 unspecified atom stereocenters. The molecule has 0 atom stereocenters. The summed E-state index contributed by atoms with van der Waals surface area (Å²) in [7, 11) is 1.24. The molecule has 1 aromatic heterocycles. The molecular weight excluding hydrogens is 284 g/mol. The number of ether oxygens (including phenoxy) is 1. The molecule has 0 aliphatic heterocycles. The Hall–Kier alpha value is -1.04. The minimum Gasteiger partial charge on any atom is -0.469 e. The predicted octanol–water partition coefficient (Wildman–Crippen LogP) is 2.81. The number of nitrogens with zero attached hydrogens (tertiary/aromatic N) is 1. The second kappa shape index (κ2) is 5.34. The minimum absolute atomic E-state index is 0.110. The van der Waals surface area contributed by atoms with Crippen LogP contribution in [0.25, 0.3) is 0 Å². The van der Waals surface area contributed by atoms with Crippen LogP contribution in [0.2, 0.25) is 0 Å². The van der Waals surface area contributed by atoms with Crippen LogP contribution in [-0.2, 0) is 16.0 Å². The zero-order chi connectivity index (χ0) is 12.3. The van der Waals surface area contributed by atoms with Crippen molar-refractivity contribution in [2.75, 3.05) is 7.11 Å². The standard InChI is InChI=1S/C10H10BrF2NO2/c1-5-6(11)3-8(10(12)13)14-7(5)4-9(15)16-2/h3,10H,4H2,1-2H3. The Morgan fingerprint density at radius 1 is 1.62 bits per heavy atom. The minimum atomic E-state index is -2.66. The van der Waals surface area contributed by atoms with Crippen LogP contribution in [-0.4, -0.2) is 18.1 Å². The number of halogens is 3. The molecule has 1 heterocycles. The van der Waals surface area contributed by atoms with Crippen molar-refractivity contribution in [2.45, 2.75) is 19.8 Å². The van der Waals surface area contributed by atoms with Gasteiger partial charge in [0.1, 0.15) is 5.69 Å². The van der Waals surface area contributed by atoms with Crippen molar-refractivity contribution in [1.29, 1.82) is 0 Å². The lowest BCUT2D eigenvalue weighted by Crippen LogP contribution is -2.09. The monoisotopic (exact) mass is 293 g/mol. The van der Waals surface area contributed by atoms with Gasteiger partial charge in [-0.15, -0.1) is 0 Å². The summed E-state index contributed by atoms with van der Waals surface area (Å²) in [4.78, 5) is 14.8. The Balaban J connectivity index is 3.11. The van der Waals surface area contributed by atoms with Gasteiger partial charge >= 0.3 is 5.97 Å². The Morgan fingerprint density at radius 2 is 2.25 bits per heavy atom. The zero-order valence-electron chi connectivity index (χ0n) is 8.76. The van der Waals surface area contributed by atoms with Crippen LogP contribution in [0.3, 0.4) is 0 Å². The SMILES string of the molecule is COC(=O)Cc1nc(C(F)F)cc(Br)c1C. The topological polar surface area (TPSA) is 39.2 Å². The molecule has 0 fully saturated rings. The summed E-state index contributed by atoms with van der Waals surface area (Å²) < 4.78 is 29.9. The molecule has 0 amide bonds. The molecule has 0 N–H and O–H groups in total. The highest BCUT2D eigenvalue weighted by molar-refractivity contribution is 9.10. The molecule has 6 heteroatoms. The molecule has 3 nitrogen and oxygen atoms in total. The van der Waals surface area contributed by atoms with Gasteiger partial charge in [0.2, 0.25) is 0 Å². The molecule has 0 aromatic carbocycles. The quantitative estimate of drug-likeness (QED) is 0.805. The highest BCUT2D eigenvalue weighted by atomic mass is 79.9. The van der Waals surface area contributed by atoms with Crippen LogP contribution in [0.4, 0.5) is 8.78 Å². The third-order valence-corrected chi connectivity index (χ3v) is 2.92. The van der Waals surface area contributed by atoms with E-state index in [0.29, 0.717) is 15.7 Å². The van der Waals surface area contributed by atoms with Crippen molar-refractivity contribution < 1.29 is 18.3 Å². The molecule has 0 saturated heterocycles. The first-order chi connectivity index (χ1) is 7.45. The maximum atomic E-state index is 12.5. The molecule has 0 aliphatic carbocycles. The summed E-state index contributed by atoms with van der Waals surface area (Å²) in [5, 5.41) is 0. The van der Waals surface area contributed by atoms with Crippen molar-refractivity contribution >= 4 is 21.9 Å². The van der Waals surface area contributed by atoms with E-state index in [0.717, 1.165) is 0 Å². The number of rotatable bonds is 3. The number of esters is 1. The first kappa shape index (κ1) is 13.0. The van der Waals surface area contributed by atoms with Crippen LogP contribution >= 0.6 is 15.9 Å². The van der Waals surface area contributed by atoms with Crippen LogP contribution < -0.4 is 0 Å². The van der Waals surface area contributed by atoms with Gasteiger partial charge in [0, 0.05) is 4.47 Å². The van der Waals surface area contributed by atoms with Crippen molar-refractivity contribution in [1.82, 2.24) is 4.98 Å². The second-order valence-electron chi connectivity index (χ2n) is 3.15. The molecule has 0 aliphatic rings. The van der Waals surface area contributed by atoms with Crippen LogP contribution in [0.15, 0.2) is 10.5 Å². The summed E-state index contributed by atoms with van der Waals surface area (Å²) >= 11 is 3.15.